The summed E-state index contributed by atoms with van der Waals surface area (Å²) in [5.74, 6) is 1.53. The fourth-order valence-electron chi connectivity index (χ4n) is 4.39. The van der Waals surface area contributed by atoms with Crippen LogP contribution in [0.1, 0.15) is 115 Å². The van der Waals surface area contributed by atoms with Crippen molar-refractivity contribution in [2.24, 2.45) is 0 Å². The van der Waals surface area contributed by atoms with Gasteiger partial charge in [0.25, 0.3) is 5.82 Å². The molecule has 0 aliphatic carbocycles. The van der Waals surface area contributed by atoms with Gasteiger partial charge in [0, 0.05) is 6.42 Å². The summed E-state index contributed by atoms with van der Waals surface area (Å²) in [6.45, 7) is 6.77. The monoisotopic (exact) mass is 411 g/mol. The number of rotatable bonds is 18. The van der Waals surface area contributed by atoms with Crippen molar-refractivity contribution in [2.75, 3.05) is 0 Å². The lowest BCUT2D eigenvalue weighted by molar-refractivity contribution is -0.695. The summed E-state index contributed by atoms with van der Waals surface area (Å²) in [6, 6.07) is 10.9. The highest BCUT2D eigenvalue weighted by molar-refractivity contribution is 5.13. The van der Waals surface area contributed by atoms with Gasteiger partial charge in [-0.1, -0.05) is 115 Å². The summed E-state index contributed by atoms with van der Waals surface area (Å²) in [6.07, 6.45) is 25.2. The molecule has 0 bridgehead atoms. The second-order valence-corrected chi connectivity index (χ2v) is 9.01. The Morgan fingerprint density at radius 2 is 1.23 bits per heavy atom. The van der Waals surface area contributed by atoms with Gasteiger partial charge < -0.3 is 0 Å². The molecule has 2 nitrogen and oxygen atoms in total. The molecule has 2 aromatic rings. The number of unbranched alkanes of at least 4 members (excludes halogenated alkanes) is 12. The third-order valence-corrected chi connectivity index (χ3v) is 6.29. The molecule has 168 valence electrons. The van der Waals surface area contributed by atoms with E-state index in [2.05, 4.69) is 65.7 Å². The van der Waals surface area contributed by atoms with Crippen LogP contribution < -0.4 is 4.57 Å². The van der Waals surface area contributed by atoms with Gasteiger partial charge in [-0.3, -0.25) is 0 Å². The summed E-state index contributed by atoms with van der Waals surface area (Å²) in [7, 11) is 0. The molecule has 0 atom stereocenters. The van der Waals surface area contributed by atoms with Gasteiger partial charge in [-0.05, 0) is 24.8 Å². The van der Waals surface area contributed by atoms with Crippen molar-refractivity contribution in [3.05, 3.63) is 54.1 Å². The minimum atomic E-state index is 0.996. The summed E-state index contributed by atoms with van der Waals surface area (Å²) >= 11 is 0. The molecule has 0 fully saturated rings. The average Bonchev–Trinajstić information content (AvgIpc) is 3.14. The van der Waals surface area contributed by atoms with Gasteiger partial charge in [-0.15, -0.1) is 0 Å². The smallest absolute Gasteiger partial charge is 0.234 e. The fourth-order valence-corrected chi connectivity index (χ4v) is 4.39. The van der Waals surface area contributed by atoms with E-state index in [0.29, 0.717) is 0 Å². The maximum atomic E-state index is 2.54. The van der Waals surface area contributed by atoms with E-state index in [4.69, 9.17) is 0 Å². The lowest BCUT2D eigenvalue weighted by Gasteiger charge is -2.07. The van der Waals surface area contributed by atoms with E-state index in [-0.39, 0.29) is 0 Å². The van der Waals surface area contributed by atoms with Crippen LogP contribution in [0.25, 0.3) is 0 Å². The van der Waals surface area contributed by atoms with Gasteiger partial charge in [0.2, 0.25) is 0 Å². The molecule has 0 saturated heterocycles. The Morgan fingerprint density at radius 3 is 1.87 bits per heavy atom. The molecule has 0 aliphatic heterocycles. The fraction of sp³-hybridized carbons (Fsp3) is 0.679. The van der Waals surface area contributed by atoms with Crippen molar-refractivity contribution < 1.29 is 4.57 Å². The topological polar surface area (TPSA) is 8.81 Å². The van der Waals surface area contributed by atoms with Crippen molar-refractivity contribution >= 4 is 0 Å². The van der Waals surface area contributed by atoms with Crippen molar-refractivity contribution in [2.45, 2.75) is 123 Å². The molecule has 1 aromatic heterocycles. The first-order chi connectivity index (χ1) is 14.8. The van der Waals surface area contributed by atoms with Crippen molar-refractivity contribution in [3.8, 4) is 0 Å². The van der Waals surface area contributed by atoms with Gasteiger partial charge in [0.1, 0.15) is 18.9 Å². The molecule has 0 saturated carbocycles. The third-order valence-electron chi connectivity index (χ3n) is 6.29. The maximum Gasteiger partial charge on any atom is 0.256 e. The quantitative estimate of drug-likeness (QED) is 0.174. The van der Waals surface area contributed by atoms with E-state index >= 15 is 0 Å². The van der Waals surface area contributed by atoms with Gasteiger partial charge in [-0.2, -0.15) is 0 Å². The second kappa shape index (κ2) is 16.2. The molecule has 0 N–H and O–H groups in total. The Kier molecular flexibility index (Phi) is 13.3. The van der Waals surface area contributed by atoms with Crippen LogP contribution in [0.3, 0.4) is 0 Å². The summed E-state index contributed by atoms with van der Waals surface area (Å²) in [4.78, 5) is 0. The zero-order valence-electron chi connectivity index (χ0n) is 20.0. The van der Waals surface area contributed by atoms with E-state index in [1.165, 1.54) is 114 Å². The minimum absolute atomic E-state index is 0.996. The Bertz CT molecular complexity index is 644. The van der Waals surface area contributed by atoms with Crippen molar-refractivity contribution in [1.29, 1.82) is 0 Å². The summed E-state index contributed by atoms with van der Waals surface area (Å²) in [5.41, 5.74) is 1.40. The highest BCUT2D eigenvalue weighted by Gasteiger charge is 2.17. The number of nitrogens with zero attached hydrogens (tertiary/aromatic N) is 2. The molecule has 0 amide bonds. The van der Waals surface area contributed by atoms with Gasteiger partial charge in [0.05, 0.1) is 6.54 Å². The first-order valence-corrected chi connectivity index (χ1v) is 13.0. The highest BCUT2D eigenvalue weighted by Crippen LogP contribution is 2.13. The van der Waals surface area contributed by atoms with Crippen LogP contribution in [0.15, 0.2) is 42.7 Å². The Morgan fingerprint density at radius 1 is 0.667 bits per heavy atom. The largest absolute Gasteiger partial charge is 0.256 e. The van der Waals surface area contributed by atoms with Crippen LogP contribution >= 0.6 is 0 Å². The standard InChI is InChI=1S/C28H47N2/c1-3-5-7-9-10-11-12-13-18-22-28-29(23-19-14-8-6-4-2)24-25-30(28)26-27-20-16-15-17-21-27/h15-17,20-21,24-25H,3-14,18-19,22-23,26H2,1-2H3/q+1. The zero-order valence-corrected chi connectivity index (χ0v) is 20.0. The molecular formula is C28H47N2+. The van der Waals surface area contributed by atoms with Crippen LogP contribution in [-0.2, 0) is 19.5 Å². The normalized spacial score (nSPS) is 11.3. The Balaban J connectivity index is 1.82. The number of benzene rings is 1. The molecule has 1 heterocycles. The minimum Gasteiger partial charge on any atom is -0.234 e. The zero-order chi connectivity index (χ0) is 21.3. The van der Waals surface area contributed by atoms with Gasteiger partial charge >= 0.3 is 0 Å². The van der Waals surface area contributed by atoms with E-state index in [0.717, 1.165) is 6.54 Å². The van der Waals surface area contributed by atoms with E-state index in [9.17, 15) is 0 Å². The van der Waals surface area contributed by atoms with Crippen molar-refractivity contribution in [3.63, 3.8) is 0 Å². The highest BCUT2D eigenvalue weighted by atomic mass is 15.1. The second-order valence-electron chi connectivity index (χ2n) is 9.01. The summed E-state index contributed by atoms with van der Waals surface area (Å²) in [5, 5.41) is 0. The molecular weight excluding hydrogens is 364 g/mol. The van der Waals surface area contributed by atoms with E-state index in [1.54, 1.807) is 0 Å². The average molecular weight is 412 g/mol. The lowest BCUT2D eigenvalue weighted by atomic mass is 10.1. The number of aromatic nitrogens is 2. The van der Waals surface area contributed by atoms with Crippen LogP contribution in [0.2, 0.25) is 0 Å². The molecule has 1 aromatic carbocycles. The summed E-state index contributed by atoms with van der Waals surface area (Å²) < 4.78 is 5.03. The van der Waals surface area contributed by atoms with E-state index < -0.39 is 0 Å². The van der Waals surface area contributed by atoms with Crippen LogP contribution in [-0.4, -0.2) is 4.57 Å². The first kappa shape index (κ1) is 24.7. The number of aryl methyl sites for hydroxylation is 1. The van der Waals surface area contributed by atoms with Crippen molar-refractivity contribution in [1.82, 2.24) is 4.57 Å². The molecule has 2 rings (SSSR count). The number of hydrogen-bond acceptors (Lipinski definition) is 0. The Hall–Kier alpha value is -1.57. The predicted molar refractivity (Wildman–Crippen MR) is 130 cm³/mol. The number of imidazole rings is 1. The predicted octanol–water partition coefficient (Wildman–Crippen LogP) is 7.87. The van der Waals surface area contributed by atoms with Crippen LogP contribution in [0.4, 0.5) is 0 Å². The first-order valence-electron chi connectivity index (χ1n) is 13.0. The van der Waals surface area contributed by atoms with Gasteiger partial charge in [0.15, 0.2) is 0 Å². The molecule has 0 spiro atoms. The Labute approximate surface area is 186 Å². The SMILES string of the molecule is CCCCCCCCCCCc1n(CCCCCCC)cc[n+]1Cc1ccccc1. The maximum absolute atomic E-state index is 2.54. The lowest BCUT2D eigenvalue weighted by Crippen LogP contribution is -2.37. The molecule has 30 heavy (non-hydrogen) atoms. The van der Waals surface area contributed by atoms with Crippen LogP contribution in [0.5, 0.6) is 0 Å². The van der Waals surface area contributed by atoms with Gasteiger partial charge in [-0.25, -0.2) is 9.13 Å². The molecule has 0 unspecified atom stereocenters. The third kappa shape index (κ3) is 9.96. The molecule has 2 heteroatoms. The van der Waals surface area contributed by atoms with Crippen LogP contribution in [0, 0.1) is 0 Å². The molecule has 0 radical (unpaired) electrons. The number of hydrogen-bond donors (Lipinski definition) is 0. The van der Waals surface area contributed by atoms with E-state index in [1.807, 2.05) is 0 Å². The molecule has 0 aliphatic rings.